The van der Waals surface area contributed by atoms with E-state index in [0.29, 0.717) is 47.8 Å². The second kappa shape index (κ2) is 14.8. The Morgan fingerprint density at radius 3 is 2.00 bits per heavy atom. The average Bonchev–Trinajstić information content (AvgIpc) is 2.75. The lowest BCUT2D eigenvalue weighted by Gasteiger charge is -2.21. The molecule has 200 valence electrons. The van der Waals surface area contributed by atoms with Crippen LogP contribution in [0.25, 0.3) is 0 Å². The van der Waals surface area contributed by atoms with Crippen LogP contribution in [0.1, 0.15) is 28.4 Å². The van der Waals surface area contributed by atoms with Crippen LogP contribution in [0.15, 0.2) is 17.7 Å². The molecule has 0 saturated carbocycles. The van der Waals surface area contributed by atoms with Gasteiger partial charge in [0.2, 0.25) is 0 Å². The van der Waals surface area contributed by atoms with Gasteiger partial charge in [0.1, 0.15) is 17.1 Å². The first kappa shape index (κ1) is 31.4. The molecule has 0 aliphatic heterocycles. The van der Waals surface area contributed by atoms with E-state index in [1.807, 2.05) is 26.0 Å². The molecule has 0 aromatic heterocycles. The van der Waals surface area contributed by atoms with Crippen LogP contribution in [-0.2, 0) is 20.6 Å². The highest BCUT2D eigenvalue weighted by molar-refractivity contribution is 6.76. The molecule has 0 unspecified atom stereocenters. The zero-order chi connectivity index (χ0) is 26.6. The lowest BCUT2D eigenvalue weighted by Crippen LogP contribution is -2.22. The van der Waals surface area contributed by atoms with Gasteiger partial charge in [0.15, 0.2) is 13.6 Å². The molecule has 0 aliphatic rings. The fourth-order valence-electron chi connectivity index (χ4n) is 3.06. The third-order valence-corrected chi connectivity index (χ3v) is 8.82. The molecule has 1 N–H and O–H groups in total. The second-order valence-corrected chi connectivity index (χ2v) is 22.5. The zero-order valence-electron chi connectivity index (χ0n) is 23.2. The predicted octanol–water partition coefficient (Wildman–Crippen LogP) is 5.64. The van der Waals surface area contributed by atoms with E-state index in [4.69, 9.17) is 23.7 Å². The van der Waals surface area contributed by atoms with Gasteiger partial charge < -0.3 is 28.8 Å². The van der Waals surface area contributed by atoms with Gasteiger partial charge in [-0.25, -0.2) is 4.79 Å². The van der Waals surface area contributed by atoms with E-state index in [9.17, 15) is 9.90 Å². The number of allylic oxidation sites excluding steroid dienone is 1. The number of carbonyl (C=O) groups is 1. The number of aliphatic hydroxyl groups excluding tert-OH is 1. The fourth-order valence-corrected chi connectivity index (χ4v) is 4.57. The number of esters is 1. The van der Waals surface area contributed by atoms with Gasteiger partial charge in [0.05, 0.1) is 13.7 Å². The molecule has 0 spiro atoms. The first-order valence-electron chi connectivity index (χ1n) is 12.2. The Balaban J connectivity index is 3.23. The standard InChI is InChI=1S/C26H46O7Si2/c1-20(17-27)10-11-22-23(32-18-30-12-14-34(4,5)6)16-21(2)24(26(28)29-3)25(22)33-19-31-13-15-35(7,8)9/h10,16,27H,11-15,17-19H2,1-9H3/b20-10+. The minimum Gasteiger partial charge on any atom is -0.467 e. The molecule has 0 bridgehead atoms. The number of ether oxygens (including phenoxy) is 5. The lowest BCUT2D eigenvalue weighted by atomic mass is 9.99. The zero-order valence-corrected chi connectivity index (χ0v) is 25.2. The van der Waals surface area contributed by atoms with E-state index in [-0.39, 0.29) is 20.2 Å². The molecule has 0 aliphatic carbocycles. The van der Waals surface area contributed by atoms with Crippen molar-refractivity contribution in [3.05, 3.63) is 34.4 Å². The topological polar surface area (TPSA) is 83.5 Å². The summed E-state index contributed by atoms with van der Waals surface area (Å²) in [6.07, 6.45) is 2.30. The SMILES string of the molecule is COC(=O)c1c(C)cc(OCOCC[Si](C)(C)C)c(C/C=C(\C)CO)c1OCOCC[Si](C)(C)C. The Morgan fingerprint density at radius 1 is 0.971 bits per heavy atom. The van der Waals surface area contributed by atoms with Gasteiger partial charge in [-0.2, -0.15) is 0 Å². The van der Waals surface area contributed by atoms with Crippen molar-refractivity contribution in [3.63, 3.8) is 0 Å². The minimum absolute atomic E-state index is 0.0137. The maximum atomic E-state index is 12.7. The number of benzene rings is 1. The van der Waals surface area contributed by atoms with Crippen LogP contribution in [0.2, 0.25) is 51.4 Å². The highest BCUT2D eigenvalue weighted by atomic mass is 28.3. The molecule has 0 radical (unpaired) electrons. The number of aryl methyl sites for hydroxylation is 1. The van der Waals surface area contributed by atoms with E-state index in [1.54, 1.807) is 0 Å². The molecular formula is C26H46O7Si2. The molecule has 9 heteroatoms. The molecule has 7 nitrogen and oxygen atoms in total. The van der Waals surface area contributed by atoms with Crippen molar-refractivity contribution in [1.29, 1.82) is 0 Å². The van der Waals surface area contributed by atoms with E-state index in [0.717, 1.165) is 17.7 Å². The van der Waals surface area contributed by atoms with Crippen LogP contribution in [0, 0.1) is 6.92 Å². The third kappa shape index (κ3) is 12.2. The monoisotopic (exact) mass is 526 g/mol. The van der Waals surface area contributed by atoms with E-state index >= 15 is 0 Å². The molecule has 35 heavy (non-hydrogen) atoms. The minimum atomic E-state index is -1.23. The van der Waals surface area contributed by atoms with Crippen LogP contribution in [0.4, 0.5) is 0 Å². The summed E-state index contributed by atoms with van der Waals surface area (Å²) in [5.74, 6) is 0.466. The predicted molar refractivity (Wildman–Crippen MR) is 146 cm³/mol. The summed E-state index contributed by atoms with van der Waals surface area (Å²) in [6, 6.07) is 3.87. The molecule has 1 rings (SSSR count). The summed E-state index contributed by atoms with van der Waals surface area (Å²) in [5, 5.41) is 9.47. The molecule has 0 amide bonds. The van der Waals surface area contributed by atoms with Crippen LogP contribution >= 0.6 is 0 Å². The Kier molecular flexibility index (Phi) is 13.3. The fraction of sp³-hybridized carbons (Fsp3) is 0.654. The number of hydrogen-bond donors (Lipinski definition) is 1. The van der Waals surface area contributed by atoms with E-state index < -0.39 is 22.1 Å². The van der Waals surface area contributed by atoms with Crippen molar-refractivity contribution in [2.24, 2.45) is 0 Å². The lowest BCUT2D eigenvalue weighted by molar-refractivity contribution is 0.0160. The van der Waals surface area contributed by atoms with E-state index in [2.05, 4.69) is 39.3 Å². The Labute approximate surface area is 213 Å². The summed E-state index contributed by atoms with van der Waals surface area (Å²) in [4.78, 5) is 12.7. The Morgan fingerprint density at radius 2 is 1.51 bits per heavy atom. The first-order valence-corrected chi connectivity index (χ1v) is 19.6. The van der Waals surface area contributed by atoms with Crippen LogP contribution < -0.4 is 9.47 Å². The Bertz CT molecular complexity index is 840. The summed E-state index contributed by atoms with van der Waals surface area (Å²) in [7, 11) is -1.08. The molecule has 0 saturated heterocycles. The maximum absolute atomic E-state index is 12.7. The molecule has 0 atom stereocenters. The van der Waals surface area contributed by atoms with Gasteiger partial charge in [0, 0.05) is 34.9 Å². The van der Waals surface area contributed by atoms with Crippen molar-refractivity contribution in [1.82, 2.24) is 0 Å². The highest BCUT2D eigenvalue weighted by Crippen LogP contribution is 2.37. The molecule has 0 fully saturated rings. The third-order valence-electron chi connectivity index (χ3n) is 5.41. The summed E-state index contributed by atoms with van der Waals surface area (Å²) in [5.41, 5.74) is 2.52. The summed E-state index contributed by atoms with van der Waals surface area (Å²) >= 11 is 0. The van der Waals surface area contributed by atoms with Gasteiger partial charge in [-0.3, -0.25) is 0 Å². The van der Waals surface area contributed by atoms with Crippen molar-refractivity contribution < 1.29 is 33.6 Å². The van der Waals surface area contributed by atoms with Gasteiger partial charge >= 0.3 is 5.97 Å². The molecule has 1 aromatic carbocycles. The van der Waals surface area contributed by atoms with Crippen molar-refractivity contribution >= 4 is 22.1 Å². The number of carbonyl (C=O) groups excluding carboxylic acids is 1. The van der Waals surface area contributed by atoms with Gasteiger partial charge in [0.25, 0.3) is 0 Å². The smallest absolute Gasteiger partial charge is 0.341 e. The normalized spacial score (nSPS) is 12.6. The molecule has 1 aromatic rings. The highest BCUT2D eigenvalue weighted by Gasteiger charge is 2.24. The van der Waals surface area contributed by atoms with Crippen molar-refractivity contribution in [2.75, 3.05) is 40.5 Å². The first-order chi connectivity index (χ1) is 16.3. The Hall–Kier alpha value is -1.66. The van der Waals surface area contributed by atoms with Gasteiger partial charge in [-0.1, -0.05) is 50.9 Å². The van der Waals surface area contributed by atoms with Crippen LogP contribution in [-0.4, -0.2) is 67.7 Å². The number of rotatable bonds is 16. The van der Waals surface area contributed by atoms with Gasteiger partial charge in [-0.15, -0.1) is 0 Å². The van der Waals surface area contributed by atoms with E-state index in [1.165, 1.54) is 7.11 Å². The molecule has 0 heterocycles. The largest absolute Gasteiger partial charge is 0.467 e. The quantitative estimate of drug-likeness (QED) is 0.0980. The van der Waals surface area contributed by atoms with Crippen molar-refractivity contribution in [2.45, 2.75) is 71.6 Å². The van der Waals surface area contributed by atoms with Gasteiger partial charge in [-0.05, 0) is 44.0 Å². The number of hydrogen-bond acceptors (Lipinski definition) is 7. The summed E-state index contributed by atoms with van der Waals surface area (Å²) < 4.78 is 28.6. The molecular weight excluding hydrogens is 480 g/mol. The average molecular weight is 527 g/mol. The second-order valence-electron chi connectivity index (χ2n) is 11.2. The summed E-state index contributed by atoms with van der Waals surface area (Å²) in [6.45, 7) is 18.7. The number of aliphatic hydroxyl groups is 1. The van der Waals surface area contributed by atoms with Crippen molar-refractivity contribution in [3.8, 4) is 11.5 Å². The maximum Gasteiger partial charge on any atom is 0.341 e. The van der Waals surface area contributed by atoms with Crippen LogP contribution in [0.5, 0.6) is 11.5 Å². The van der Waals surface area contributed by atoms with Crippen LogP contribution in [0.3, 0.4) is 0 Å². The number of methoxy groups -OCH3 is 1.